The minimum atomic E-state index is -0.792. The van der Waals surface area contributed by atoms with Crippen molar-refractivity contribution < 1.29 is 14.4 Å². The molecule has 0 heterocycles. The van der Waals surface area contributed by atoms with E-state index in [4.69, 9.17) is 11.6 Å². The summed E-state index contributed by atoms with van der Waals surface area (Å²) in [6.07, 6.45) is 0.114. The highest BCUT2D eigenvalue weighted by atomic mass is 35.5. The van der Waals surface area contributed by atoms with Crippen LogP contribution in [0.1, 0.15) is 53.5 Å². The molecule has 2 atom stereocenters. The van der Waals surface area contributed by atoms with E-state index < -0.39 is 11.8 Å². The molecule has 1 saturated carbocycles. The van der Waals surface area contributed by atoms with Gasteiger partial charge in [0.05, 0.1) is 0 Å². The number of aryl methyl sites for hydroxylation is 2. The molecule has 1 aliphatic rings. The van der Waals surface area contributed by atoms with Gasteiger partial charge in [-0.15, -0.1) is 5.92 Å². The highest BCUT2D eigenvalue weighted by molar-refractivity contribution is 6.30. The van der Waals surface area contributed by atoms with Crippen LogP contribution in [0.2, 0.25) is 5.02 Å². The van der Waals surface area contributed by atoms with Gasteiger partial charge in [-0.2, -0.15) is 0 Å². The molecule has 154 valence electrons. The molecular weight excluding hydrogens is 398 g/mol. The number of carbonyl (C=O) groups excluding carboxylic acids is 3. The number of nitrogens with one attached hydrogen (secondary N) is 1. The first kappa shape index (κ1) is 21.8. The van der Waals surface area contributed by atoms with Crippen molar-refractivity contribution >= 4 is 29.1 Å². The van der Waals surface area contributed by atoms with Crippen LogP contribution in [0.4, 0.5) is 0 Å². The van der Waals surface area contributed by atoms with Crippen LogP contribution in [0.5, 0.6) is 0 Å². The first-order valence-corrected chi connectivity index (χ1v) is 10.3. The maximum atomic E-state index is 13.0. The molecule has 30 heavy (non-hydrogen) atoms. The second-order valence-electron chi connectivity index (χ2n) is 7.71. The summed E-state index contributed by atoms with van der Waals surface area (Å²) in [6.45, 7) is 5.89. The molecule has 0 aromatic heterocycles. The molecular formula is C25H24ClNO3. The molecule has 0 radical (unpaired) electrons. The molecule has 0 bridgehead atoms. The number of ketones is 2. The summed E-state index contributed by atoms with van der Waals surface area (Å²) in [6, 6.07) is 11.0. The Morgan fingerprint density at radius 3 is 2.50 bits per heavy atom. The second-order valence-corrected chi connectivity index (χ2v) is 8.15. The summed E-state index contributed by atoms with van der Waals surface area (Å²) in [5, 5.41) is 3.41. The fourth-order valence-corrected chi connectivity index (χ4v) is 4.33. The van der Waals surface area contributed by atoms with Crippen molar-refractivity contribution in [2.45, 2.75) is 46.1 Å². The van der Waals surface area contributed by atoms with Crippen LogP contribution in [-0.2, 0) is 20.9 Å². The largest absolute Gasteiger partial charge is 0.352 e. The summed E-state index contributed by atoms with van der Waals surface area (Å²) >= 11 is 5.96. The predicted molar refractivity (Wildman–Crippen MR) is 117 cm³/mol. The van der Waals surface area contributed by atoms with Gasteiger partial charge in [0.2, 0.25) is 5.91 Å². The molecule has 0 saturated heterocycles. The third kappa shape index (κ3) is 4.80. The first-order valence-electron chi connectivity index (χ1n) is 9.91. The highest BCUT2D eigenvalue weighted by Crippen LogP contribution is 2.37. The normalized spacial score (nSPS) is 18.1. The smallest absolute Gasteiger partial charge is 0.221 e. The number of Topliss-reactive ketones (excluding diaryl/α,β-unsaturated/α-hetero) is 2. The van der Waals surface area contributed by atoms with Gasteiger partial charge in [0.1, 0.15) is 11.7 Å². The summed E-state index contributed by atoms with van der Waals surface area (Å²) < 4.78 is 0. The fourth-order valence-electron chi connectivity index (χ4n) is 4.12. The van der Waals surface area contributed by atoms with Crippen LogP contribution < -0.4 is 5.32 Å². The van der Waals surface area contributed by atoms with E-state index >= 15 is 0 Å². The Labute approximate surface area is 182 Å². The van der Waals surface area contributed by atoms with Gasteiger partial charge in [-0.1, -0.05) is 29.7 Å². The van der Waals surface area contributed by atoms with Crippen LogP contribution in [-0.4, -0.2) is 17.5 Å². The number of carbonyl (C=O) groups is 3. The van der Waals surface area contributed by atoms with Crippen molar-refractivity contribution in [1.29, 1.82) is 0 Å². The maximum absolute atomic E-state index is 13.0. The highest BCUT2D eigenvalue weighted by Gasteiger charge is 2.43. The Balaban J connectivity index is 1.70. The molecule has 3 rings (SSSR count). The first-order chi connectivity index (χ1) is 14.3. The van der Waals surface area contributed by atoms with Gasteiger partial charge < -0.3 is 5.32 Å². The van der Waals surface area contributed by atoms with Gasteiger partial charge >= 0.3 is 0 Å². The fraction of sp³-hybridized carbons (Fsp3) is 0.320. The molecule has 1 aliphatic carbocycles. The van der Waals surface area contributed by atoms with E-state index in [1.165, 1.54) is 0 Å². The summed E-state index contributed by atoms with van der Waals surface area (Å²) in [4.78, 5) is 38.1. The predicted octanol–water partition coefficient (Wildman–Crippen LogP) is 4.28. The average molecular weight is 422 g/mol. The zero-order valence-corrected chi connectivity index (χ0v) is 18.1. The average Bonchev–Trinajstić information content (AvgIpc) is 2.94. The van der Waals surface area contributed by atoms with Crippen molar-refractivity contribution in [3.05, 3.63) is 69.2 Å². The van der Waals surface area contributed by atoms with Gasteiger partial charge in [0.25, 0.3) is 0 Å². The number of hydrogen-bond donors (Lipinski definition) is 1. The lowest BCUT2D eigenvalue weighted by Crippen LogP contribution is -2.27. The number of halogens is 1. The quantitative estimate of drug-likeness (QED) is 0.579. The summed E-state index contributed by atoms with van der Waals surface area (Å²) in [7, 11) is 0. The molecule has 2 aromatic carbocycles. The van der Waals surface area contributed by atoms with Crippen LogP contribution in [0.25, 0.3) is 0 Å². The standard InChI is InChI=1S/C25H24ClNO3/c1-4-6-17-9-15(2)23(16(3)10-17)24-21(28)12-19(25(24)30)13-22(29)27-14-18-7-5-8-20(26)11-18/h5,7-11,19,24H,12-14H2,1-3H3,(H,27,29). The van der Waals surface area contributed by atoms with Gasteiger partial charge in [0, 0.05) is 35.9 Å². The molecule has 2 aromatic rings. The number of benzene rings is 2. The topological polar surface area (TPSA) is 63.2 Å². The van der Waals surface area contributed by atoms with Crippen molar-refractivity contribution in [2.75, 3.05) is 0 Å². The summed E-state index contributed by atoms with van der Waals surface area (Å²) in [5.41, 5.74) is 4.26. The Hall–Kier alpha value is -2.90. The number of rotatable bonds is 5. The van der Waals surface area contributed by atoms with E-state index in [9.17, 15) is 14.4 Å². The SMILES string of the molecule is CC#Cc1cc(C)c(C2C(=O)CC(CC(=O)NCc3cccc(Cl)c3)C2=O)c(C)c1. The van der Waals surface area contributed by atoms with Crippen LogP contribution >= 0.6 is 11.6 Å². The lowest BCUT2D eigenvalue weighted by Gasteiger charge is -2.16. The van der Waals surface area contributed by atoms with Gasteiger partial charge in [-0.25, -0.2) is 0 Å². The lowest BCUT2D eigenvalue weighted by atomic mass is 9.86. The van der Waals surface area contributed by atoms with Gasteiger partial charge in [-0.05, 0) is 67.3 Å². The van der Waals surface area contributed by atoms with Gasteiger partial charge in [0.15, 0.2) is 5.78 Å². The van der Waals surface area contributed by atoms with Gasteiger partial charge in [-0.3, -0.25) is 14.4 Å². The molecule has 1 N–H and O–H groups in total. The third-order valence-electron chi connectivity index (χ3n) is 5.42. The van der Waals surface area contributed by atoms with Crippen molar-refractivity contribution in [2.24, 2.45) is 5.92 Å². The van der Waals surface area contributed by atoms with E-state index in [0.29, 0.717) is 11.6 Å². The molecule has 4 nitrogen and oxygen atoms in total. The Bertz CT molecular complexity index is 1050. The molecule has 1 amide bonds. The van der Waals surface area contributed by atoms with E-state index in [1.807, 2.05) is 38.1 Å². The minimum Gasteiger partial charge on any atom is -0.352 e. The molecule has 0 spiro atoms. The van der Waals surface area contributed by atoms with Crippen molar-refractivity contribution in [1.82, 2.24) is 5.32 Å². The van der Waals surface area contributed by atoms with Crippen molar-refractivity contribution in [3.8, 4) is 11.8 Å². The van der Waals surface area contributed by atoms with Crippen LogP contribution in [0.3, 0.4) is 0 Å². The second kappa shape index (κ2) is 9.28. The Morgan fingerprint density at radius 1 is 1.17 bits per heavy atom. The summed E-state index contributed by atoms with van der Waals surface area (Å²) in [5.74, 6) is 3.97. The van der Waals surface area contributed by atoms with Crippen LogP contribution in [0, 0.1) is 31.6 Å². The molecule has 1 fully saturated rings. The third-order valence-corrected chi connectivity index (χ3v) is 5.65. The van der Waals surface area contributed by atoms with E-state index in [2.05, 4.69) is 17.2 Å². The Morgan fingerprint density at radius 2 is 1.87 bits per heavy atom. The monoisotopic (exact) mass is 421 g/mol. The Kier molecular flexibility index (Phi) is 6.74. The lowest BCUT2D eigenvalue weighted by molar-refractivity contribution is -0.128. The molecule has 2 unspecified atom stereocenters. The van der Waals surface area contributed by atoms with E-state index in [-0.39, 0.29) is 30.3 Å². The number of hydrogen-bond acceptors (Lipinski definition) is 3. The molecule has 5 heteroatoms. The number of amides is 1. The maximum Gasteiger partial charge on any atom is 0.221 e. The molecule has 0 aliphatic heterocycles. The van der Waals surface area contributed by atoms with Crippen LogP contribution in [0.15, 0.2) is 36.4 Å². The van der Waals surface area contributed by atoms with Crippen molar-refractivity contribution in [3.63, 3.8) is 0 Å². The van der Waals surface area contributed by atoms with E-state index in [1.54, 1.807) is 19.1 Å². The van der Waals surface area contributed by atoms with E-state index in [0.717, 1.165) is 27.8 Å². The zero-order valence-electron chi connectivity index (χ0n) is 17.3. The zero-order chi connectivity index (χ0) is 21.8. The minimum absolute atomic E-state index is 0.0130.